The summed E-state index contributed by atoms with van der Waals surface area (Å²) in [7, 11) is 0. The van der Waals surface area contributed by atoms with E-state index in [1.165, 1.54) is 18.7 Å². The zero-order valence-electron chi connectivity index (χ0n) is 22.3. The summed E-state index contributed by atoms with van der Waals surface area (Å²) in [5, 5.41) is 26.5. The second-order valence-corrected chi connectivity index (χ2v) is 9.77. The Morgan fingerprint density at radius 3 is 2.13 bits per heavy atom. The number of aliphatic hydroxyl groups is 1. The maximum Gasteiger partial charge on any atom is 0.325 e. The summed E-state index contributed by atoms with van der Waals surface area (Å²) in [4.78, 5) is 67.8. The molecule has 216 valence electrons. The van der Waals surface area contributed by atoms with Crippen LogP contribution in [0.3, 0.4) is 0 Å². The summed E-state index contributed by atoms with van der Waals surface area (Å²) in [6.07, 6.45) is 0.328. The molecular weight excluding hydrogens is 500 g/mol. The highest BCUT2D eigenvalue weighted by atomic mass is 16.4. The molecule has 1 rings (SSSR count). The molecule has 0 spiro atoms. The first-order valence-corrected chi connectivity index (χ1v) is 12.6. The molecule has 15 heteroatoms. The highest BCUT2D eigenvalue weighted by Crippen LogP contribution is 2.19. The number of rotatable bonds is 14. The normalized spacial score (nSPS) is 19.0. The van der Waals surface area contributed by atoms with Gasteiger partial charge in [0.25, 0.3) is 0 Å². The average molecular weight is 543 g/mol. The zero-order chi connectivity index (χ0) is 29.2. The van der Waals surface area contributed by atoms with Gasteiger partial charge in [0.05, 0.1) is 12.1 Å². The van der Waals surface area contributed by atoms with Gasteiger partial charge in [0, 0.05) is 13.1 Å². The third-order valence-electron chi connectivity index (χ3n) is 6.16. The van der Waals surface area contributed by atoms with Crippen molar-refractivity contribution in [1.29, 1.82) is 0 Å². The van der Waals surface area contributed by atoms with Gasteiger partial charge in [-0.15, -0.1) is 0 Å². The highest BCUT2D eigenvalue weighted by molar-refractivity contribution is 5.96. The Balaban J connectivity index is 2.88. The molecule has 11 N–H and O–H groups in total. The maximum atomic E-state index is 13.1. The number of carbonyl (C=O) groups excluding carboxylic acids is 4. The number of carboxylic acid groups (broad SMARTS) is 1. The average Bonchev–Trinajstić information content (AvgIpc) is 3.32. The topological polar surface area (TPSA) is 256 Å². The number of nitrogens with zero attached hydrogens (tertiary/aromatic N) is 2. The van der Waals surface area contributed by atoms with E-state index in [2.05, 4.69) is 20.9 Å². The second-order valence-electron chi connectivity index (χ2n) is 9.77. The lowest BCUT2D eigenvalue weighted by Gasteiger charge is -2.30. The molecule has 38 heavy (non-hydrogen) atoms. The van der Waals surface area contributed by atoms with E-state index in [1.807, 2.05) is 0 Å². The van der Waals surface area contributed by atoms with Gasteiger partial charge in [-0.3, -0.25) is 29.0 Å². The van der Waals surface area contributed by atoms with Crippen LogP contribution in [0.2, 0.25) is 0 Å². The summed E-state index contributed by atoms with van der Waals surface area (Å²) < 4.78 is 0. The van der Waals surface area contributed by atoms with Crippen LogP contribution in [0, 0.1) is 5.92 Å². The van der Waals surface area contributed by atoms with E-state index in [-0.39, 0.29) is 5.96 Å². The van der Waals surface area contributed by atoms with Crippen LogP contribution in [0.15, 0.2) is 4.99 Å². The fraction of sp³-hybridized carbons (Fsp3) is 0.739. The maximum absolute atomic E-state index is 13.1. The number of aliphatic carboxylic acids is 1. The van der Waals surface area contributed by atoms with E-state index in [1.54, 1.807) is 13.8 Å². The van der Waals surface area contributed by atoms with Crippen molar-refractivity contribution in [1.82, 2.24) is 20.9 Å². The van der Waals surface area contributed by atoms with Crippen molar-refractivity contribution in [2.75, 3.05) is 13.1 Å². The van der Waals surface area contributed by atoms with E-state index < -0.39 is 71.8 Å². The number of likely N-dealkylation sites (tertiary alicyclic amines) is 1. The van der Waals surface area contributed by atoms with Gasteiger partial charge in [0.15, 0.2) is 5.96 Å². The van der Waals surface area contributed by atoms with Crippen LogP contribution in [-0.4, -0.2) is 100 Å². The highest BCUT2D eigenvalue weighted by Gasteiger charge is 2.39. The van der Waals surface area contributed by atoms with Crippen molar-refractivity contribution in [3.05, 3.63) is 0 Å². The molecule has 1 aliphatic heterocycles. The summed E-state index contributed by atoms with van der Waals surface area (Å²) in [6.45, 7) is 6.49. The van der Waals surface area contributed by atoms with Crippen molar-refractivity contribution in [3.63, 3.8) is 0 Å². The van der Waals surface area contributed by atoms with Crippen LogP contribution in [0.1, 0.15) is 53.4 Å². The summed E-state index contributed by atoms with van der Waals surface area (Å²) in [5.74, 6) is -4.36. The molecule has 1 saturated heterocycles. The molecule has 0 saturated carbocycles. The van der Waals surface area contributed by atoms with Crippen molar-refractivity contribution < 1.29 is 34.2 Å². The number of carboxylic acids is 1. The van der Waals surface area contributed by atoms with Gasteiger partial charge in [-0.25, -0.2) is 0 Å². The zero-order valence-corrected chi connectivity index (χ0v) is 22.3. The van der Waals surface area contributed by atoms with Gasteiger partial charge in [-0.1, -0.05) is 13.8 Å². The first kappa shape index (κ1) is 32.6. The van der Waals surface area contributed by atoms with Crippen molar-refractivity contribution in [3.8, 4) is 0 Å². The third-order valence-corrected chi connectivity index (χ3v) is 6.16. The molecule has 6 atom stereocenters. The van der Waals surface area contributed by atoms with Gasteiger partial charge in [0.1, 0.15) is 24.2 Å². The van der Waals surface area contributed by atoms with E-state index in [9.17, 15) is 29.1 Å². The molecule has 0 aliphatic carbocycles. The standard InChI is InChI=1S/C23H42N8O7/c1-11(2)16(19(34)28-12(3)22(37)38)29-20(35)17(13(4)32)30-18(33)15-8-6-10-31(15)21(36)14(24)7-5-9-27-23(25)26/h11-17,32H,5-10,24H2,1-4H3,(H,28,34)(H,29,35)(H,30,33)(H,37,38)(H4,25,26,27). The summed E-state index contributed by atoms with van der Waals surface area (Å²) in [6, 6.07) is -5.49. The SMILES string of the molecule is CC(NC(=O)C(NC(=O)C(NC(=O)C1CCCN1C(=O)C(N)CCCN=C(N)N)C(C)O)C(C)C)C(=O)O. The number of aliphatic hydroxyl groups excluding tert-OH is 1. The fourth-order valence-corrected chi connectivity index (χ4v) is 3.96. The number of amides is 4. The molecule has 0 aromatic heterocycles. The minimum absolute atomic E-state index is 0.0620. The van der Waals surface area contributed by atoms with Crippen LogP contribution in [0.4, 0.5) is 0 Å². The number of carbonyl (C=O) groups is 5. The van der Waals surface area contributed by atoms with Gasteiger partial charge in [-0.2, -0.15) is 0 Å². The Hall–Kier alpha value is -3.46. The molecular formula is C23H42N8O7. The lowest BCUT2D eigenvalue weighted by molar-refractivity contribution is -0.142. The van der Waals surface area contributed by atoms with Gasteiger partial charge >= 0.3 is 5.97 Å². The first-order chi connectivity index (χ1) is 17.7. The first-order valence-electron chi connectivity index (χ1n) is 12.6. The Kier molecular flexibility index (Phi) is 12.9. The molecule has 0 radical (unpaired) electrons. The number of hydrogen-bond acceptors (Lipinski definition) is 8. The molecule has 1 fully saturated rings. The smallest absolute Gasteiger partial charge is 0.325 e. The predicted molar refractivity (Wildman–Crippen MR) is 138 cm³/mol. The van der Waals surface area contributed by atoms with Crippen LogP contribution in [0.25, 0.3) is 0 Å². The largest absolute Gasteiger partial charge is 0.480 e. The fourth-order valence-electron chi connectivity index (χ4n) is 3.96. The minimum Gasteiger partial charge on any atom is -0.480 e. The van der Waals surface area contributed by atoms with Crippen LogP contribution >= 0.6 is 0 Å². The van der Waals surface area contributed by atoms with Crippen molar-refractivity contribution in [2.24, 2.45) is 28.1 Å². The number of aliphatic imine (C=N–C) groups is 1. The predicted octanol–water partition coefficient (Wildman–Crippen LogP) is -3.05. The quantitative estimate of drug-likeness (QED) is 0.0625. The summed E-state index contributed by atoms with van der Waals surface area (Å²) in [5.41, 5.74) is 16.6. The number of guanidine groups is 1. The van der Waals surface area contributed by atoms with E-state index in [0.29, 0.717) is 38.8 Å². The minimum atomic E-state index is -1.43. The molecule has 15 nitrogen and oxygen atoms in total. The van der Waals surface area contributed by atoms with Gasteiger partial charge in [0.2, 0.25) is 23.6 Å². The van der Waals surface area contributed by atoms with Crippen LogP contribution in [-0.2, 0) is 24.0 Å². The molecule has 1 heterocycles. The summed E-state index contributed by atoms with van der Waals surface area (Å²) >= 11 is 0. The Bertz CT molecular complexity index is 891. The Morgan fingerprint density at radius 1 is 1.00 bits per heavy atom. The van der Waals surface area contributed by atoms with Crippen LogP contribution in [0.5, 0.6) is 0 Å². The lowest BCUT2D eigenvalue weighted by atomic mass is 10.0. The second kappa shape index (κ2) is 15.1. The molecule has 0 aromatic rings. The van der Waals surface area contributed by atoms with Gasteiger partial charge in [-0.05, 0) is 45.4 Å². The van der Waals surface area contributed by atoms with Crippen molar-refractivity contribution in [2.45, 2.75) is 89.7 Å². The van der Waals surface area contributed by atoms with Crippen LogP contribution < -0.4 is 33.2 Å². The monoisotopic (exact) mass is 542 g/mol. The molecule has 6 unspecified atom stereocenters. The van der Waals surface area contributed by atoms with E-state index >= 15 is 0 Å². The Labute approximate surface area is 221 Å². The Morgan fingerprint density at radius 2 is 1.61 bits per heavy atom. The van der Waals surface area contributed by atoms with E-state index in [0.717, 1.165) is 0 Å². The number of nitrogens with two attached hydrogens (primary N) is 3. The molecule has 0 aromatic carbocycles. The molecule has 1 aliphatic rings. The third kappa shape index (κ3) is 9.78. The van der Waals surface area contributed by atoms with Crippen molar-refractivity contribution >= 4 is 35.6 Å². The molecule has 4 amide bonds. The lowest BCUT2D eigenvalue weighted by Crippen LogP contribution is -2.61. The van der Waals surface area contributed by atoms with Gasteiger partial charge < -0.3 is 48.3 Å². The number of hydrogen-bond donors (Lipinski definition) is 8. The number of nitrogens with one attached hydrogen (secondary N) is 3. The van der Waals surface area contributed by atoms with E-state index in [4.69, 9.17) is 22.3 Å². The molecule has 0 bridgehead atoms.